The Bertz CT molecular complexity index is 900. The minimum atomic E-state index is -3.12. The van der Waals surface area contributed by atoms with Gasteiger partial charge in [0.25, 0.3) is 0 Å². The minimum absolute atomic E-state index is 0.222. The monoisotopic (exact) mass is 440 g/mol. The Kier molecular flexibility index (Phi) is 7.04. The van der Waals surface area contributed by atoms with Gasteiger partial charge in [-0.3, -0.25) is 0 Å². The van der Waals surface area contributed by atoms with E-state index < -0.39 is 30.1 Å². The van der Waals surface area contributed by atoms with E-state index in [1.807, 2.05) is 0 Å². The van der Waals surface area contributed by atoms with Crippen LogP contribution in [0.2, 0.25) is 0 Å². The number of alkyl halides is 2. The van der Waals surface area contributed by atoms with Crippen LogP contribution in [0, 0.1) is 11.6 Å². The maximum absolute atomic E-state index is 13.4. The number of piperidine rings is 1. The van der Waals surface area contributed by atoms with Crippen molar-refractivity contribution in [1.82, 2.24) is 10.2 Å². The Morgan fingerprint density at radius 3 is 2.35 bits per heavy atom. The normalized spacial score (nSPS) is 16.8. The van der Waals surface area contributed by atoms with Crippen LogP contribution in [0.4, 0.5) is 22.4 Å². The zero-order chi connectivity index (χ0) is 22.6. The molecule has 5 nitrogen and oxygen atoms in total. The number of nitrogens with one attached hydrogen (secondary N) is 1. The Labute approximate surface area is 177 Å². The highest BCUT2D eigenvalue weighted by atomic mass is 19.3. The van der Waals surface area contributed by atoms with Crippen molar-refractivity contribution >= 4 is 6.03 Å². The molecule has 0 bridgehead atoms. The van der Waals surface area contributed by atoms with E-state index in [4.69, 9.17) is 0 Å². The molecule has 2 aromatic rings. The molecule has 1 saturated heterocycles. The molecule has 168 valence electrons. The van der Waals surface area contributed by atoms with Gasteiger partial charge < -0.3 is 20.1 Å². The molecule has 0 unspecified atom stereocenters. The molecule has 3 rings (SSSR count). The third kappa shape index (κ3) is 6.10. The van der Waals surface area contributed by atoms with Gasteiger partial charge >= 0.3 is 12.6 Å². The van der Waals surface area contributed by atoms with Crippen molar-refractivity contribution in [3.8, 4) is 5.75 Å². The highest BCUT2D eigenvalue weighted by molar-refractivity contribution is 5.75. The summed E-state index contributed by atoms with van der Waals surface area (Å²) >= 11 is 0. The van der Waals surface area contributed by atoms with Crippen molar-refractivity contribution in [2.45, 2.75) is 44.4 Å². The standard InChI is InChI=1S/C22H24F4N2O3/c1-14(18-7-6-17(24)12-19(18)31-20(25)26)27-21(29)28-10-8-22(30,9-11-28)13-15-2-4-16(23)5-3-15/h2-7,12,14,20,30H,8-11,13H2,1H3,(H,27,29)/t14-/m0/s1. The van der Waals surface area contributed by atoms with Crippen LogP contribution in [-0.4, -0.2) is 41.3 Å². The first-order valence-electron chi connectivity index (χ1n) is 9.92. The van der Waals surface area contributed by atoms with Crippen LogP contribution in [0.25, 0.3) is 0 Å². The maximum Gasteiger partial charge on any atom is 0.387 e. The number of likely N-dealkylation sites (tertiary alicyclic amines) is 1. The second-order valence-corrected chi connectivity index (χ2v) is 7.75. The summed E-state index contributed by atoms with van der Waals surface area (Å²) in [5, 5.41) is 13.5. The van der Waals surface area contributed by atoms with E-state index >= 15 is 0 Å². The smallest absolute Gasteiger partial charge is 0.387 e. The van der Waals surface area contributed by atoms with Crippen molar-refractivity contribution < 1.29 is 32.2 Å². The Balaban J connectivity index is 1.58. The van der Waals surface area contributed by atoms with E-state index in [0.29, 0.717) is 32.4 Å². The van der Waals surface area contributed by atoms with E-state index in [0.717, 1.165) is 17.7 Å². The molecule has 0 spiro atoms. The van der Waals surface area contributed by atoms with E-state index in [2.05, 4.69) is 10.1 Å². The van der Waals surface area contributed by atoms with Crippen LogP contribution in [0.1, 0.15) is 36.9 Å². The fourth-order valence-electron chi connectivity index (χ4n) is 3.70. The van der Waals surface area contributed by atoms with Crippen LogP contribution >= 0.6 is 0 Å². The molecule has 2 N–H and O–H groups in total. The van der Waals surface area contributed by atoms with Crippen LogP contribution in [0.3, 0.4) is 0 Å². The molecule has 0 aliphatic carbocycles. The van der Waals surface area contributed by atoms with Crippen molar-refractivity contribution in [1.29, 1.82) is 0 Å². The quantitative estimate of drug-likeness (QED) is 0.655. The van der Waals surface area contributed by atoms with E-state index in [-0.39, 0.29) is 17.1 Å². The number of hydrogen-bond donors (Lipinski definition) is 2. The van der Waals surface area contributed by atoms with E-state index in [9.17, 15) is 27.5 Å². The molecule has 31 heavy (non-hydrogen) atoms. The lowest BCUT2D eigenvalue weighted by atomic mass is 9.85. The third-order valence-electron chi connectivity index (χ3n) is 5.43. The lowest BCUT2D eigenvalue weighted by molar-refractivity contribution is -0.0507. The van der Waals surface area contributed by atoms with Gasteiger partial charge in [0.15, 0.2) is 0 Å². The Hall–Kier alpha value is -2.81. The molecule has 0 aromatic heterocycles. The second-order valence-electron chi connectivity index (χ2n) is 7.75. The van der Waals surface area contributed by atoms with Crippen LogP contribution in [0.15, 0.2) is 42.5 Å². The Morgan fingerprint density at radius 2 is 1.74 bits per heavy atom. The van der Waals surface area contributed by atoms with Gasteiger partial charge in [-0.05, 0) is 43.5 Å². The number of ether oxygens (including phenoxy) is 1. The molecule has 1 aliphatic heterocycles. The summed E-state index contributed by atoms with van der Waals surface area (Å²) < 4.78 is 56.1. The molecular weight excluding hydrogens is 416 g/mol. The molecule has 0 saturated carbocycles. The minimum Gasteiger partial charge on any atom is -0.434 e. The predicted octanol–water partition coefficient (Wildman–Crippen LogP) is 4.41. The molecule has 1 heterocycles. The number of carbonyl (C=O) groups is 1. The van der Waals surface area contributed by atoms with Crippen molar-refractivity contribution in [2.24, 2.45) is 0 Å². The number of hydrogen-bond acceptors (Lipinski definition) is 3. The van der Waals surface area contributed by atoms with Crippen molar-refractivity contribution in [2.75, 3.05) is 13.1 Å². The molecule has 9 heteroatoms. The van der Waals surface area contributed by atoms with Gasteiger partial charge in [-0.25, -0.2) is 13.6 Å². The number of carbonyl (C=O) groups excluding carboxylic acids is 1. The highest BCUT2D eigenvalue weighted by Gasteiger charge is 2.34. The van der Waals surface area contributed by atoms with E-state index in [1.165, 1.54) is 23.1 Å². The van der Waals surface area contributed by atoms with Crippen molar-refractivity contribution in [3.63, 3.8) is 0 Å². The average Bonchev–Trinajstić information content (AvgIpc) is 2.69. The number of benzene rings is 2. The maximum atomic E-state index is 13.4. The lowest BCUT2D eigenvalue weighted by Crippen LogP contribution is -2.51. The summed E-state index contributed by atoms with van der Waals surface area (Å²) in [5.41, 5.74) is 0.0216. The molecule has 1 atom stereocenters. The van der Waals surface area contributed by atoms with Gasteiger partial charge in [-0.1, -0.05) is 18.2 Å². The zero-order valence-electron chi connectivity index (χ0n) is 17.0. The number of nitrogens with zero attached hydrogens (tertiary/aromatic N) is 1. The summed E-state index contributed by atoms with van der Waals surface area (Å²) in [7, 11) is 0. The van der Waals surface area contributed by atoms with E-state index in [1.54, 1.807) is 19.1 Å². The molecule has 2 amide bonds. The SMILES string of the molecule is C[C@H](NC(=O)N1CCC(O)(Cc2ccc(F)cc2)CC1)c1ccc(F)cc1OC(F)F. The first-order chi connectivity index (χ1) is 14.6. The van der Waals surface area contributed by atoms with Gasteiger partial charge in [-0.15, -0.1) is 0 Å². The Morgan fingerprint density at radius 1 is 1.13 bits per heavy atom. The fourth-order valence-corrected chi connectivity index (χ4v) is 3.70. The van der Waals surface area contributed by atoms with Crippen LogP contribution < -0.4 is 10.1 Å². The lowest BCUT2D eigenvalue weighted by Gasteiger charge is -2.38. The first-order valence-corrected chi connectivity index (χ1v) is 9.92. The number of rotatable bonds is 6. The number of aliphatic hydroxyl groups is 1. The second kappa shape index (κ2) is 9.55. The average molecular weight is 440 g/mol. The summed E-state index contributed by atoms with van der Waals surface area (Å²) in [6.07, 6.45) is 1.02. The van der Waals surface area contributed by atoms with Gasteiger partial charge in [0.05, 0.1) is 11.6 Å². The van der Waals surface area contributed by atoms with Gasteiger partial charge in [0.2, 0.25) is 0 Å². The summed E-state index contributed by atoms with van der Waals surface area (Å²) in [5.74, 6) is -1.41. The first kappa shape index (κ1) is 22.9. The van der Waals surface area contributed by atoms with Crippen LogP contribution in [0.5, 0.6) is 5.75 Å². The molecular formula is C22H24F4N2O3. The zero-order valence-corrected chi connectivity index (χ0v) is 17.0. The van der Waals surface area contributed by atoms with Gasteiger partial charge in [0, 0.05) is 31.1 Å². The fraction of sp³-hybridized carbons (Fsp3) is 0.409. The molecule has 0 radical (unpaired) electrons. The molecule has 1 fully saturated rings. The predicted molar refractivity (Wildman–Crippen MR) is 106 cm³/mol. The number of urea groups is 1. The number of halogens is 4. The van der Waals surface area contributed by atoms with Crippen LogP contribution in [-0.2, 0) is 6.42 Å². The summed E-state index contributed by atoms with van der Waals surface area (Å²) in [4.78, 5) is 14.1. The summed E-state index contributed by atoms with van der Waals surface area (Å²) in [6.45, 7) is -0.956. The van der Waals surface area contributed by atoms with Crippen molar-refractivity contribution in [3.05, 3.63) is 65.2 Å². The third-order valence-corrected chi connectivity index (χ3v) is 5.43. The number of amides is 2. The topological polar surface area (TPSA) is 61.8 Å². The van der Waals surface area contributed by atoms with Gasteiger partial charge in [0.1, 0.15) is 17.4 Å². The summed E-state index contributed by atoms with van der Waals surface area (Å²) in [6, 6.07) is 8.02. The molecule has 2 aromatic carbocycles. The molecule has 1 aliphatic rings. The highest BCUT2D eigenvalue weighted by Crippen LogP contribution is 2.29. The van der Waals surface area contributed by atoms with Gasteiger partial charge in [-0.2, -0.15) is 8.78 Å². The largest absolute Gasteiger partial charge is 0.434 e.